The van der Waals surface area contributed by atoms with Crippen LogP contribution in [-0.4, -0.2) is 33.1 Å². The Morgan fingerprint density at radius 1 is 1.15 bits per heavy atom. The molecule has 0 atom stereocenters. The van der Waals surface area contributed by atoms with E-state index in [2.05, 4.69) is 20.6 Å². The maximum Gasteiger partial charge on any atom is 0.263 e. The van der Waals surface area contributed by atoms with Gasteiger partial charge < -0.3 is 15.2 Å². The Labute approximate surface area is 149 Å². The van der Waals surface area contributed by atoms with E-state index < -0.39 is 0 Å². The number of rotatable bonds is 7. The third-order valence-electron chi connectivity index (χ3n) is 3.37. The molecule has 1 heterocycles. The van der Waals surface area contributed by atoms with Gasteiger partial charge in [-0.1, -0.05) is 22.0 Å². The fraction of sp³-hybridized carbons (Fsp3) is 0.176. The third-order valence-corrected chi connectivity index (χ3v) is 3.37. The van der Waals surface area contributed by atoms with E-state index in [9.17, 15) is 4.39 Å². The molecule has 9 heteroatoms. The zero-order chi connectivity index (χ0) is 18.4. The number of halogens is 1. The zero-order valence-electron chi connectivity index (χ0n) is 14.0. The van der Waals surface area contributed by atoms with Gasteiger partial charge >= 0.3 is 0 Å². The number of nitrogen functional groups attached to an aromatic ring is 1. The van der Waals surface area contributed by atoms with Gasteiger partial charge in [0.1, 0.15) is 12.4 Å². The Bertz CT molecular complexity index is 895. The molecule has 0 radical (unpaired) electrons. The summed E-state index contributed by atoms with van der Waals surface area (Å²) in [5, 5.41) is 14.6. The van der Waals surface area contributed by atoms with E-state index in [1.54, 1.807) is 30.5 Å². The predicted octanol–water partition coefficient (Wildman–Crippen LogP) is 2.25. The van der Waals surface area contributed by atoms with E-state index in [0.29, 0.717) is 24.7 Å². The summed E-state index contributed by atoms with van der Waals surface area (Å²) >= 11 is 0. The van der Waals surface area contributed by atoms with Crippen molar-refractivity contribution < 1.29 is 13.9 Å². The lowest BCUT2D eigenvalue weighted by Crippen LogP contribution is -2.02. The number of ether oxygens (including phenoxy) is 2. The molecular weight excluding hydrogens is 339 g/mol. The Balaban J connectivity index is 1.74. The molecule has 0 aliphatic rings. The van der Waals surface area contributed by atoms with Crippen molar-refractivity contribution in [1.29, 1.82) is 0 Å². The summed E-state index contributed by atoms with van der Waals surface area (Å²) in [5.74, 6) is 0.958. The summed E-state index contributed by atoms with van der Waals surface area (Å²) < 4.78 is 24.4. The highest BCUT2D eigenvalue weighted by atomic mass is 19.1. The van der Waals surface area contributed by atoms with Crippen LogP contribution in [0.4, 0.5) is 10.3 Å². The highest BCUT2D eigenvalue weighted by molar-refractivity contribution is 5.80. The molecule has 0 amide bonds. The van der Waals surface area contributed by atoms with Gasteiger partial charge in [-0.05, 0) is 58.8 Å². The topological polar surface area (TPSA) is 100 Å². The number of tetrazole rings is 1. The second-order valence-corrected chi connectivity index (χ2v) is 5.23. The van der Waals surface area contributed by atoms with Crippen molar-refractivity contribution in [3.63, 3.8) is 0 Å². The lowest BCUT2D eigenvalue weighted by atomic mass is 10.2. The Morgan fingerprint density at radius 3 is 2.65 bits per heavy atom. The van der Waals surface area contributed by atoms with Crippen molar-refractivity contribution in [3.05, 3.63) is 59.4 Å². The van der Waals surface area contributed by atoms with Crippen LogP contribution in [0.5, 0.6) is 11.5 Å². The summed E-state index contributed by atoms with van der Waals surface area (Å²) in [7, 11) is 0. The predicted molar refractivity (Wildman–Crippen MR) is 93.6 cm³/mol. The number of nitrogens with zero attached hydrogens (tertiary/aromatic N) is 5. The largest absolute Gasteiger partial charge is 0.490 e. The monoisotopic (exact) mass is 356 g/mol. The lowest BCUT2D eigenvalue weighted by Gasteiger charge is -2.12. The summed E-state index contributed by atoms with van der Waals surface area (Å²) in [6.45, 7) is 2.66. The lowest BCUT2D eigenvalue weighted by molar-refractivity contribution is 0.269. The van der Waals surface area contributed by atoms with Gasteiger partial charge in [-0.25, -0.2) is 4.39 Å². The minimum absolute atomic E-state index is 0.0885. The van der Waals surface area contributed by atoms with Crippen molar-refractivity contribution in [2.75, 3.05) is 12.3 Å². The molecule has 0 fully saturated rings. The fourth-order valence-electron chi connectivity index (χ4n) is 2.13. The highest BCUT2D eigenvalue weighted by Gasteiger charge is 2.07. The molecule has 3 rings (SSSR count). The molecule has 26 heavy (non-hydrogen) atoms. The van der Waals surface area contributed by atoms with Crippen LogP contribution in [0, 0.1) is 5.82 Å². The van der Waals surface area contributed by atoms with E-state index >= 15 is 0 Å². The zero-order valence-corrected chi connectivity index (χ0v) is 14.0. The number of anilines is 1. The minimum atomic E-state index is -0.282. The van der Waals surface area contributed by atoms with Crippen LogP contribution in [0.15, 0.2) is 47.6 Å². The first kappa shape index (κ1) is 17.3. The molecule has 8 nitrogen and oxygen atoms in total. The van der Waals surface area contributed by atoms with Gasteiger partial charge in [0.2, 0.25) is 0 Å². The van der Waals surface area contributed by atoms with Gasteiger partial charge in [-0.3, -0.25) is 0 Å². The van der Waals surface area contributed by atoms with E-state index in [1.807, 2.05) is 13.0 Å². The van der Waals surface area contributed by atoms with Crippen molar-refractivity contribution in [2.24, 2.45) is 5.10 Å². The average molecular weight is 356 g/mol. The van der Waals surface area contributed by atoms with Crippen LogP contribution in [0.25, 0.3) is 0 Å². The van der Waals surface area contributed by atoms with Gasteiger partial charge in [0, 0.05) is 0 Å². The molecule has 0 saturated heterocycles. The first-order valence-corrected chi connectivity index (χ1v) is 7.88. The molecule has 0 unspecified atom stereocenters. The maximum atomic E-state index is 13.0. The van der Waals surface area contributed by atoms with Gasteiger partial charge in [0.25, 0.3) is 5.95 Å². The van der Waals surface area contributed by atoms with Crippen LogP contribution >= 0.6 is 0 Å². The minimum Gasteiger partial charge on any atom is -0.490 e. The molecule has 0 spiro atoms. The Kier molecular flexibility index (Phi) is 5.37. The molecule has 3 aromatic rings. The highest BCUT2D eigenvalue weighted by Crippen LogP contribution is 2.29. The van der Waals surface area contributed by atoms with Crippen LogP contribution in [-0.2, 0) is 6.61 Å². The normalized spacial score (nSPS) is 11.0. The molecule has 0 aliphatic heterocycles. The van der Waals surface area contributed by atoms with E-state index in [-0.39, 0.29) is 11.8 Å². The second kappa shape index (κ2) is 8.06. The number of nitrogens with two attached hydrogens (primary N) is 1. The number of hydrogen-bond donors (Lipinski definition) is 1. The van der Waals surface area contributed by atoms with Gasteiger partial charge in [0.05, 0.1) is 12.8 Å². The van der Waals surface area contributed by atoms with Crippen LogP contribution in [0.2, 0.25) is 0 Å². The maximum absolute atomic E-state index is 13.0. The number of aromatic nitrogens is 4. The summed E-state index contributed by atoms with van der Waals surface area (Å²) in [6.07, 6.45) is 1.55. The second-order valence-electron chi connectivity index (χ2n) is 5.23. The van der Waals surface area contributed by atoms with Crippen LogP contribution in [0.1, 0.15) is 18.1 Å². The first-order valence-electron chi connectivity index (χ1n) is 7.88. The molecule has 2 N–H and O–H groups in total. The van der Waals surface area contributed by atoms with E-state index in [4.69, 9.17) is 15.2 Å². The Morgan fingerprint density at radius 2 is 1.96 bits per heavy atom. The van der Waals surface area contributed by atoms with Crippen LogP contribution in [0.3, 0.4) is 0 Å². The molecule has 0 aliphatic carbocycles. The molecular formula is C17H17FN6O2. The molecule has 0 bridgehead atoms. The smallest absolute Gasteiger partial charge is 0.263 e. The van der Waals surface area contributed by atoms with Gasteiger partial charge in [-0.2, -0.15) is 5.10 Å². The fourth-order valence-corrected chi connectivity index (χ4v) is 2.13. The third kappa shape index (κ3) is 4.32. The molecule has 0 saturated carbocycles. The number of hydrogen-bond acceptors (Lipinski definition) is 7. The standard InChI is InChI=1S/C17H17FN6O2/c1-2-25-16-9-13(10-20-24-17(19)21-22-23-24)5-8-15(16)26-11-12-3-6-14(18)7-4-12/h3-10H,2,11H2,1H3,(H2,19,21,23). The summed E-state index contributed by atoms with van der Waals surface area (Å²) in [6, 6.07) is 11.5. The van der Waals surface area contributed by atoms with E-state index in [0.717, 1.165) is 15.9 Å². The van der Waals surface area contributed by atoms with Crippen molar-refractivity contribution in [2.45, 2.75) is 13.5 Å². The first-order chi connectivity index (χ1) is 12.7. The van der Waals surface area contributed by atoms with E-state index in [1.165, 1.54) is 12.1 Å². The van der Waals surface area contributed by atoms with Gasteiger partial charge in [0.15, 0.2) is 11.5 Å². The summed E-state index contributed by atoms with van der Waals surface area (Å²) in [5.41, 5.74) is 7.17. The number of benzene rings is 2. The summed E-state index contributed by atoms with van der Waals surface area (Å²) in [4.78, 5) is 1.11. The van der Waals surface area contributed by atoms with Crippen molar-refractivity contribution >= 4 is 12.2 Å². The molecule has 2 aromatic carbocycles. The molecule has 134 valence electrons. The Hall–Kier alpha value is -3.49. The van der Waals surface area contributed by atoms with Crippen molar-refractivity contribution in [3.8, 4) is 11.5 Å². The molecule has 1 aromatic heterocycles. The van der Waals surface area contributed by atoms with Crippen molar-refractivity contribution in [1.82, 2.24) is 20.3 Å². The quantitative estimate of drug-likeness (QED) is 0.652. The van der Waals surface area contributed by atoms with Gasteiger partial charge in [-0.15, -0.1) is 0 Å². The average Bonchev–Trinajstić information content (AvgIpc) is 3.06. The van der Waals surface area contributed by atoms with Crippen LogP contribution < -0.4 is 15.2 Å². The SMILES string of the molecule is CCOc1cc(C=Nn2nnnc2N)ccc1OCc1ccc(F)cc1.